The highest BCUT2D eigenvalue weighted by Crippen LogP contribution is 2.00. The third-order valence-corrected chi connectivity index (χ3v) is 2.35. The number of ether oxygens (including phenoxy) is 2. The van der Waals surface area contributed by atoms with Crippen LogP contribution in [0.15, 0.2) is 0 Å². The van der Waals surface area contributed by atoms with Crippen LogP contribution in [-0.4, -0.2) is 44.1 Å². The highest BCUT2D eigenvalue weighted by Gasteiger charge is 2.23. The molecule has 0 aliphatic rings. The molecule has 0 aliphatic heterocycles. The molecule has 0 saturated heterocycles. The predicted octanol–water partition coefficient (Wildman–Crippen LogP) is -1.05. The number of carbonyl (C=O) groups is 3. The number of terminal acetylenes is 1. The van der Waals surface area contributed by atoms with E-state index in [-0.39, 0.29) is 19.3 Å². The van der Waals surface area contributed by atoms with Crippen LogP contribution in [0.4, 0.5) is 0 Å². The van der Waals surface area contributed by atoms with Crippen molar-refractivity contribution >= 4 is 17.8 Å². The van der Waals surface area contributed by atoms with Crippen molar-refractivity contribution in [2.24, 2.45) is 5.73 Å². The van der Waals surface area contributed by atoms with E-state index >= 15 is 0 Å². The van der Waals surface area contributed by atoms with Gasteiger partial charge in [-0.3, -0.25) is 9.59 Å². The second-order valence-electron chi connectivity index (χ2n) is 3.71. The summed E-state index contributed by atoms with van der Waals surface area (Å²) in [6.07, 6.45) is 5.22. The first kappa shape index (κ1) is 16.9. The molecule has 7 nitrogen and oxygen atoms in total. The molecule has 1 amide bonds. The molecule has 0 saturated carbocycles. The van der Waals surface area contributed by atoms with Crippen LogP contribution in [0.3, 0.4) is 0 Å². The number of nitrogens with one attached hydrogen (secondary N) is 1. The Morgan fingerprint density at radius 1 is 1.32 bits per heavy atom. The molecule has 7 heteroatoms. The Bertz CT molecular complexity index is 375. The smallest absolute Gasteiger partial charge is 0.329 e. The zero-order valence-electron chi connectivity index (χ0n) is 11.0. The summed E-state index contributed by atoms with van der Waals surface area (Å²) in [4.78, 5) is 33.9. The molecule has 3 N–H and O–H groups in total. The minimum atomic E-state index is -0.938. The van der Waals surface area contributed by atoms with Crippen LogP contribution in [0.25, 0.3) is 0 Å². The van der Waals surface area contributed by atoms with Gasteiger partial charge in [0, 0.05) is 12.8 Å². The molecule has 0 rings (SSSR count). The van der Waals surface area contributed by atoms with Gasteiger partial charge in [0.25, 0.3) is 0 Å². The third kappa shape index (κ3) is 6.43. The summed E-state index contributed by atoms with van der Waals surface area (Å²) >= 11 is 0. The Kier molecular flexibility index (Phi) is 7.97. The average Bonchev–Trinajstić information content (AvgIpc) is 2.42. The van der Waals surface area contributed by atoms with Crippen molar-refractivity contribution in [3.8, 4) is 12.3 Å². The van der Waals surface area contributed by atoms with Gasteiger partial charge in [-0.15, -0.1) is 12.3 Å². The molecule has 0 unspecified atom stereocenters. The molecule has 0 aromatic rings. The van der Waals surface area contributed by atoms with Crippen molar-refractivity contribution in [2.75, 3.05) is 14.2 Å². The van der Waals surface area contributed by atoms with Gasteiger partial charge in [0.15, 0.2) is 0 Å². The van der Waals surface area contributed by atoms with E-state index in [1.807, 2.05) is 0 Å². The number of esters is 2. The second kappa shape index (κ2) is 8.94. The fourth-order valence-electron chi connectivity index (χ4n) is 1.24. The average molecular weight is 270 g/mol. The molecule has 0 aromatic heterocycles. The molecule has 0 aromatic carbocycles. The lowest BCUT2D eigenvalue weighted by Crippen LogP contribution is -2.48. The maximum Gasteiger partial charge on any atom is 0.329 e. The van der Waals surface area contributed by atoms with E-state index < -0.39 is 29.9 Å². The first-order chi connectivity index (χ1) is 8.96. The number of hydrogen-bond donors (Lipinski definition) is 2. The third-order valence-electron chi connectivity index (χ3n) is 2.35. The topological polar surface area (TPSA) is 108 Å². The Labute approximate surface area is 111 Å². The van der Waals surface area contributed by atoms with Crippen LogP contribution >= 0.6 is 0 Å². The number of nitrogens with two attached hydrogens (primary N) is 1. The van der Waals surface area contributed by atoms with E-state index in [0.29, 0.717) is 0 Å². The van der Waals surface area contributed by atoms with Gasteiger partial charge in [-0.05, 0) is 6.42 Å². The van der Waals surface area contributed by atoms with Gasteiger partial charge in [-0.1, -0.05) is 0 Å². The van der Waals surface area contributed by atoms with E-state index in [1.165, 1.54) is 14.2 Å². The summed E-state index contributed by atoms with van der Waals surface area (Å²) in [5.41, 5.74) is 5.58. The summed E-state index contributed by atoms with van der Waals surface area (Å²) in [6, 6.07) is -1.87. The van der Waals surface area contributed by atoms with E-state index in [1.54, 1.807) is 0 Å². The number of hydrogen-bond acceptors (Lipinski definition) is 6. The molecule has 106 valence electrons. The maximum absolute atomic E-state index is 11.7. The van der Waals surface area contributed by atoms with Crippen LogP contribution in [0.1, 0.15) is 19.3 Å². The van der Waals surface area contributed by atoms with E-state index in [9.17, 15) is 14.4 Å². The Morgan fingerprint density at radius 2 is 1.95 bits per heavy atom. The largest absolute Gasteiger partial charge is 0.469 e. The van der Waals surface area contributed by atoms with Gasteiger partial charge >= 0.3 is 11.9 Å². The summed E-state index contributed by atoms with van der Waals surface area (Å²) in [6.45, 7) is 0. The van der Waals surface area contributed by atoms with Crippen molar-refractivity contribution in [1.29, 1.82) is 0 Å². The molecular weight excluding hydrogens is 252 g/mol. The van der Waals surface area contributed by atoms with Gasteiger partial charge in [-0.25, -0.2) is 4.79 Å². The Morgan fingerprint density at radius 3 is 2.42 bits per heavy atom. The first-order valence-electron chi connectivity index (χ1n) is 5.60. The van der Waals surface area contributed by atoms with Gasteiger partial charge in [0.1, 0.15) is 6.04 Å². The monoisotopic (exact) mass is 270 g/mol. The van der Waals surface area contributed by atoms with Gasteiger partial charge in [0.2, 0.25) is 5.91 Å². The molecule has 2 atom stereocenters. The molecule has 0 fully saturated rings. The maximum atomic E-state index is 11.7. The molecule has 0 bridgehead atoms. The molecule has 0 radical (unpaired) electrons. The number of rotatable bonds is 7. The lowest BCUT2D eigenvalue weighted by Gasteiger charge is -2.17. The lowest BCUT2D eigenvalue weighted by molar-refractivity contribution is -0.145. The van der Waals surface area contributed by atoms with Crippen molar-refractivity contribution < 1.29 is 23.9 Å². The minimum absolute atomic E-state index is 0.00212. The van der Waals surface area contributed by atoms with E-state index in [2.05, 4.69) is 20.7 Å². The van der Waals surface area contributed by atoms with Crippen molar-refractivity contribution in [1.82, 2.24) is 5.32 Å². The standard InChI is InChI=1S/C12H18N2O5/c1-4-5-9(12(17)19-3)14-11(16)8(13)6-7-10(15)18-2/h1,8-9H,5-7,13H2,2-3H3,(H,14,16)/t8-,9-/m0/s1. The van der Waals surface area contributed by atoms with Crippen LogP contribution in [0.5, 0.6) is 0 Å². The van der Waals surface area contributed by atoms with Crippen molar-refractivity contribution in [2.45, 2.75) is 31.3 Å². The fourth-order valence-corrected chi connectivity index (χ4v) is 1.24. The number of amides is 1. The van der Waals surface area contributed by atoms with E-state index in [4.69, 9.17) is 12.2 Å². The first-order valence-corrected chi connectivity index (χ1v) is 5.60. The van der Waals surface area contributed by atoms with Crippen LogP contribution in [0.2, 0.25) is 0 Å². The van der Waals surface area contributed by atoms with Crippen LogP contribution in [-0.2, 0) is 23.9 Å². The minimum Gasteiger partial charge on any atom is -0.469 e. The summed E-state index contributed by atoms with van der Waals surface area (Å²) < 4.78 is 8.93. The second-order valence-corrected chi connectivity index (χ2v) is 3.71. The van der Waals surface area contributed by atoms with Gasteiger partial charge in [-0.2, -0.15) is 0 Å². The fraction of sp³-hybridized carbons (Fsp3) is 0.583. The summed E-state index contributed by atoms with van der Waals surface area (Å²) in [5, 5.41) is 2.38. The molecule has 0 aliphatic carbocycles. The quantitative estimate of drug-likeness (QED) is 0.451. The Balaban J connectivity index is 4.35. The highest BCUT2D eigenvalue weighted by molar-refractivity contribution is 5.87. The molecular formula is C12H18N2O5. The van der Waals surface area contributed by atoms with Crippen LogP contribution < -0.4 is 11.1 Å². The lowest BCUT2D eigenvalue weighted by atomic mass is 10.1. The van der Waals surface area contributed by atoms with Gasteiger partial charge < -0.3 is 20.5 Å². The number of carbonyl (C=O) groups excluding carboxylic acids is 3. The molecule has 0 heterocycles. The predicted molar refractivity (Wildman–Crippen MR) is 66.6 cm³/mol. The summed E-state index contributed by atoms with van der Waals surface area (Å²) in [7, 11) is 2.43. The van der Waals surface area contributed by atoms with E-state index in [0.717, 1.165) is 0 Å². The van der Waals surface area contributed by atoms with Crippen molar-refractivity contribution in [3.05, 3.63) is 0 Å². The SMILES string of the molecule is C#CC[C@H](NC(=O)[C@@H](N)CCC(=O)OC)C(=O)OC. The Hall–Kier alpha value is -2.07. The molecule has 19 heavy (non-hydrogen) atoms. The van der Waals surface area contributed by atoms with Crippen LogP contribution in [0, 0.1) is 12.3 Å². The zero-order chi connectivity index (χ0) is 14.8. The number of methoxy groups -OCH3 is 2. The normalized spacial score (nSPS) is 12.7. The molecule has 0 spiro atoms. The summed E-state index contributed by atoms with van der Waals surface area (Å²) in [5.74, 6) is 0.573. The zero-order valence-corrected chi connectivity index (χ0v) is 11.0. The van der Waals surface area contributed by atoms with Gasteiger partial charge in [0.05, 0.1) is 20.3 Å². The van der Waals surface area contributed by atoms with Crippen molar-refractivity contribution in [3.63, 3.8) is 0 Å². The highest BCUT2D eigenvalue weighted by atomic mass is 16.5.